The van der Waals surface area contributed by atoms with Gasteiger partial charge in [0.1, 0.15) is 10.8 Å². The SMILES string of the molecule is OC1CCN(Cc2nc3c4ccc(F)cc4c4cnccc4c3s2)CC1. The predicted octanol–water partition coefficient (Wildman–Crippen LogP) is 4.09. The minimum Gasteiger partial charge on any atom is -0.393 e. The van der Waals surface area contributed by atoms with Gasteiger partial charge in [-0.1, -0.05) is 0 Å². The monoisotopic (exact) mass is 367 g/mol. The lowest BCUT2D eigenvalue weighted by Crippen LogP contribution is -2.35. The molecular weight excluding hydrogens is 349 g/mol. The van der Waals surface area contributed by atoms with Gasteiger partial charge in [0.05, 0.1) is 22.9 Å². The zero-order chi connectivity index (χ0) is 17.7. The summed E-state index contributed by atoms with van der Waals surface area (Å²) in [5.74, 6) is -0.246. The van der Waals surface area contributed by atoms with Crippen LogP contribution in [0.5, 0.6) is 0 Å². The lowest BCUT2D eigenvalue weighted by atomic mass is 10.0. The maximum atomic E-state index is 13.8. The van der Waals surface area contributed by atoms with Gasteiger partial charge in [-0.25, -0.2) is 9.37 Å². The summed E-state index contributed by atoms with van der Waals surface area (Å²) in [6, 6.07) is 6.88. The Morgan fingerprint density at radius 1 is 1.12 bits per heavy atom. The van der Waals surface area contributed by atoms with E-state index >= 15 is 0 Å². The minimum atomic E-state index is -0.246. The molecule has 0 aliphatic carbocycles. The van der Waals surface area contributed by atoms with Gasteiger partial charge in [-0.15, -0.1) is 11.3 Å². The highest BCUT2D eigenvalue weighted by Crippen LogP contribution is 2.38. The molecular formula is C20H18FN3OS. The molecule has 1 aliphatic heterocycles. The zero-order valence-electron chi connectivity index (χ0n) is 14.2. The molecule has 0 atom stereocenters. The highest BCUT2D eigenvalue weighted by atomic mass is 32.1. The van der Waals surface area contributed by atoms with Crippen molar-refractivity contribution in [1.82, 2.24) is 14.9 Å². The number of pyridine rings is 1. The van der Waals surface area contributed by atoms with E-state index in [4.69, 9.17) is 4.98 Å². The largest absolute Gasteiger partial charge is 0.393 e. The number of hydrogen-bond acceptors (Lipinski definition) is 5. The van der Waals surface area contributed by atoms with Crippen molar-refractivity contribution in [2.45, 2.75) is 25.5 Å². The van der Waals surface area contributed by atoms with Crippen LogP contribution in [0.3, 0.4) is 0 Å². The van der Waals surface area contributed by atoms with Crippen LogP contribution < -0.4 is 0 Å². The maximum Gasteiger partial charge on any atom is 0.123 e. The molecule has 0 saturated carbocycles. The molecule has 0 bridgehead atoms. The summed E-state index contributed by atoms with van der Waals surface area (Å²) in [6.45, 7) is 2.59. The van der Waals surface area contributed by atoms with Gasteiger partial charge in [0, 0.05) is 41.6 Å². The van der Waals surface area contributed by atoms with E-state index in [0.717, 1.165) is 69.2 Å². The Kier molecular flexibility index (Phi) is 3.85. The molecule has 2 aromatic carbocycles. The van der Waals surface area contributed by atoms with Crippen LogP contribution in [0.15, 0.2) is 36.7 Å². The molecule has 1 saturated heterocycles. The van der Waals surface area contributed by atoms with Gasteiger partial charge < -0.3 is 5.11 Å². The quantitative estimate of drug-likeness (QED) is 0.542. The number of hydrogen-bond donors (Lipinski definition) is 1. The van der Waals surface area contributed by atoms with E-state index in [1.54, 1.807) is 23.6 Å². The summed E-state index contributed by atoms with van der Waals surface area (Å²) >= 11 is 1.70. The molecule has 0 radical (unpaired) electrons. The molecule has 1 aliphatic rings. The van der Waals surface area contributed by atoms with Gasteiger partial charge in [0.25, 0.3) is 0 Å². The van der Waals surface area contributed by atoms with Crippen molar-refractivity contribution < 1.29 is 9.50 Å². The Balaban J connectivity index is 1.67. The van der Waals surface area contributed by atoms with Crippen LogP contribution in [0.4, 0.5) is 4.39 Å². The molecule has 132 valence electrons. The number of nitrogens with zero attached hydrogens (tertiary/aromatic N) is 3. The van der Waals surface area contributed by atoms with Gasteiger partial charge >= 0.3 is 0 Å². The minimum absolute atomic E-state index is 0.170. The number of thiazole rings is 1. The van der Waals surface area contributed by atoms with Crippen molar-refractivity contribution >= 4 is 43.1 Å². The molecule has 0 spiro atoms. The number of halogens is 1. The maximum absolute atomic E-state index is 13.8. The van der Waals surface area contributed by atoms with Crippen LogP contribution in [0.25, 0.3) is 31.8 Å². The van der Waals surface area contributed by atoms with E-state index < -0.39 is 0 Å². The number of aromatic nitrogens is 2. The van der Waals surface area contributed by atoms with Crippen molar-refractivity contribution in [3.05, 3.63) is 47.5 Å². The van der Waals surface area contributed by atoms with Crippen molar-refractivity contribution in [2.75, 3.05) is 13.1 Å². The summed E-state index contributed by atoms with van der Waals surface area (Å²) in [6.07, 6.45) is 5.06. The van der Waals surface area contributed by atoms with Gasteiger partial charge in [-0.3, -0.25) is 9.88 Å². The first kappa shape index (κ1) is 16.1. The van der Waals surface area contributed by atoms with Gasteiger partial charge in [0.2, 0.25) is 0 Å². The Bertz CT molecular complexity index is 1120. The molecule has 0 unspecified atom stereocenters. The molecule has 1 N–H and O–H groups in total. The molecule has 3 heterocycles. The number of aliphatic hydroxyl groups is 1. The van der Waals surface area contributed by atoms with E-state index in [2.05, 4.69) is 9.88 Å². The molecule has 1 fully saturated rings. The highest BCUT2D eigenvalue weighted by Gasteiger charge is 2.19. The molecule has 5 rings (SSSR count). The smallest absolute Gasteiger partial charge is 0.123 e. The van der Waals surface area contributed by atoms with Crippen LogP contribution in [0.2, 0.25) is 0 Å². The van der Waals surface area contributed by atoms with E-state index in [-0.39, 0.29) is 11.9 Å². The van der Waals surface area contributed by atoms with Crippen molar-refractivity contribution in [3.63, 3.8) is 0 Å². The second-order valence-corrected chi connectivity index (χ2v) is 7.99. The lowest BCUT2D eigenvalue weighted by molar-refractivity contribution is 0.0792. The summed E-state index contributed by atoms with van der Waals surface area (Å²) < 4.78 is 15.0. The number of fused-ring (bicyclic) bond motifs is 6. The molecule has 26 heavy (non-hydrogen) atoms. The number of benzene rings is 2. The lowest BCUT2D eigenvalue weighted by Gasteiger charge is -2.28. The number of likely N-dealkylation sites (tertiary alicyclic amines) is 1. The number of rotatable bonds is 2. The Morgan fingerprint density at radius 3 is 2.81 bits per heavy atom. The highest BCUT2D eigenvalue weighted by molar-refractivity contribution is 7.19. The first-order valence-corrected chi connectivity index (χ1v) is 9.65. The van der Waals surface area contributed by atoms with E-state index in [1.807, 2.05) is 18.3 Å². The van der Waals surface area contributed by atoms with Crippen LogP contribution in [0.1, 0.15) is 17.8 Å². The first-order valence-electron chi connectivity index (χ1n) is 8.84. The third-order valence-corrected chi connectivity index (χ3v) is 6.25. The molecule has 4 nitrogen and oxygen atoms in total. The second-order valence-electron chi connectivity index (χ2n) is 6.90. The normalized spacial score (nSPS) is 16.8. The van der Waals surface area contributed by atoms with Gasteiger partial charge in [-0.05, 0) is 42.5 Å². The fraction of sp³-hybridized carbons (Fsp3) is 0.300. The zero-order valence-corrected chi connectivity index (χ0v) is 15.0. The van der Waals surface area contributed by atoms with Crippen LogP contribution in [0, 0.1) is 5.82 Å². The summed E-state index contributed by atoms with van der Waals surface area (Å²) in [5.41, 5.74) is 0.941. The molecule has 4 aromatic rings. The first-order chi connectivity index (χ1) is 12.7. The van der Waals surface area contributed by atoms with E-state index in [9.17, 15) is 9.50 Å². The van der Waals surface area contributed by atoms with Gasteiger partial charge in [0.15, 0.2) is 0 Å². The summed E-state index contributed by atoms with van der Waals surface area (Å²) in [7, 11) is 0. The average molecular weight is 367 g/mol. The van der Waals surface area contributed by atoms with Crippen LogP contribution in [-0.2, 0) is 6.54 Å². The Hall–Kier alpha value is -2.15. The summed E-state index contributed by atoms with van der Waals surface area (Å²) in [4.78, 5) is 11.5. The molecule has 6 heteroatoms. The topological polar surface area (TPSA) is 49.2 Å². The average Bonchev–Trinajstić information content (AvgIpc) is 3.08. The number of aliphatic hydroxyl groups excluding tert-OH is 1. The third kappa shape index (κ3) is 2.65. The second kappa shape index (κ2) is 6.23. The fourth-order valence-corrected chi connectivity index (χ4v) is 4.98. The fourth-order valence-electron chi connectivity index (χ4n) is 3.82. The van der Waals surface area contributed by atoms with E-state index in [0.29, 0.717) is 0 Å². The van der Waals surface area contributed by atoms with E-state index in [1.165, 1.54) is 6.07 Å². The third-order valence-electron chi connectivity index (χ3n) is 5.18. The van der Waals surface area contributed by atoms with Crippen molar-refractivity contribution in [2.24, 2.45) is 0 Å². The Morgan fingerprint density at radius 2 is 1.96 bits per heavy atom. The van der Waals surface area contributed by atoms with Crippen LogP contribution in [-0.4, -0.2) is 39.2 Å². The molecule has 0 amide bonds. The molecule has 2 aromatic heterocycles. The van der Waals surface area contributed by atoms with Gasteiger partial charge in [-0.2, -0.15) is 0 Å². The summed E-state index contributed by atoms with van der Waals surface area (Å²) in [5, 5.41) is 14.6. The standard InChI is InChI=1S/C20H18FN3OS/c21-12-1-2-14-16(9-12)17-10-22-6-3-15(17)20-19(14)23-18(26-20)11-24-7-4-13(25)5-8-24/h1-3,6,9-10,13,25H,4-5,7-8,11H2. The number of piperidine rings is 1. The predicted molar refractivity (Wildman–Crippen MR) is 103 cm³/mol. The van der Waals surface area contributed by atoms with Crippen molar-refractivity contribution in [3.8, 4) is 0 Å². The Labute approximate surface area is 153 Å². The van der Waals surface area contributed by atoms with Crippen molar-refractivity contribution in [1.29, 1.82) is 0 Å². The van der Waals surface area contributed by atoms with Crippen LogP contribution >= 0.6 is 11.3 Å².